The predicted octanol–water partition coefficient (Wildman–Crippen LogP) is 1.62. The third kappa shape index (κ3) is 3.72. The fraction of sp³-hybridized carbons (Fsp3) is 0.450. The number of aromatic nitrogens is 5. The summed E-state index contributed by atoms with van der Waals surface area (Å²) in [5.74, 6) is 0.0395. The average Bonchev–Trinajstić information content (AvgIpc) is 3.01. The van der Waals surface area contributed by atoms with E-state index in [1.54, 1.807) is 37.0 Å². The topological polar surface area (TPSA) is 118 Å². The van der Waals surface area contributed by atoms with Crippen LogP contribution in [0, 0.1) is 0 Å². The van der Waals surface area contributed by atoms with Crippen LogP contribution in [0.25, 0.3) is 11.2 Å². The lowest BCUT2D eigenvalue weighted by atomic mass is 9.95. The molecule has 1 fully saturated rings. The summed E-state index contributed by atoms with van der Waals surface area (Å²) in [5.41, 5.74) is 0.748. The Morgan fingerprint density at radius 1 is 1.27 bits per heavy atom. The molecule has 1 aliphatic carbocycles. The van der Waals surface area contributed by atoms with Crippen LogP contribution in [-0.4, -0.2) is 49.0 Å². The number of carbonyl (C=O) groups is 1. The van der Waals surface area contributed by atoms with E-state index in [0.717, 1.165) is 32.1 Å². The first-order chi connectivity index (χ1) is 14.5. The highest BCUT2D eigenvalue weighted by molar-refractivity contribution is 5.79. The van der Waals surface area contributed by atoms with Crippen LogP contribution < -0.4 is 16.6 Å². The van der Waals surface area contributed by atoms with E-state index in [4.69, 9.17) is 0 Å². The molecule has 1 saturated carbocycles. The smallest absolute Gasteiger partial charge is 0.331 e. The van der Waals surface area contributed by atoms with E-state index in [9.17, 15) is 14.4 Å². The van der Waals surface area contributed by atoms with Gasteiger partial charge in [0.05, 0.1) is 6.20 Å². The summed E-state index contributed by atoms with van der Waals surface area (Å²) in [4.78, 5) is 50.4. The SMILES string of the molecule is CN(C)C(=O)Cn1c(=O)n(C2CCCCC2)c2nc(Nc3ccc[nH]c3=O)ncc21. The van der Waals surface area contributed by atoms with Crippen LogP contribution >= 0.6 is 0 Å². The van der Waals surface area contributed by atoms with E-state index in [1.165, 1.54) is 15.7 Å². The molecule has 0 spiro atoms. The number of rotatable bonds is 5. The van der Waals surface area contributed by atoms with Gasteiger partial charge < -0.3 is 15.2 Å². The molecule has 3 aromatic heterocycles. The third-order valence-electron chi connectivity index (χ3n) is 5.50. The van der Waals surface area contributed by atoms with Gasteiger partial charge in [-0.25, -0.2) is 9.78 Å². The number of nitrogens with one attached hydrogen (secondary N) is 2. The van der Waals surface area contributed by atoms with E-state index in [2.05, 4.69) is 20.3 Å². The molecule has 0 radical (unpaired) electrons. The summed E-state index contributed by atoms with van der Waals surface area (Å²) in [7, 11) is 3.31. The summed E-state index contributed by atoms with van der Waals surface area (Å²) in [6.07, 6.45) is 8.12. The largest absolute Gasteiger partial charge is 0.347 e. The number of nitrogens with zero attached hydrogens (tertiary/aromatic N) is 5. The van der Waals surface area contributed by atoms with Crippen molar-refractivity contribution in [1.29, 1.82) is 0 Å². The Hall–Kier alpha value is -3.43. The zero-order valence-corrected chi connectivity index (χ0v) is 17.1. The van der Waals surface area contributed by atoms with Gasteiger partial charge in [-0.3, -0.25) is 18.7 Å². The van der Waals surface area contributed by atoms with Crippen molar-refractivity contribution in [2.75, 3.05) is 19.4 Å². The molecule has 30 heavy (non-hydrogen) atoms. The second-order valence-corrected chi connectivity index (χ2v) is 7.76. The highest BCUT2D eigenvalue weighted by atomic mass is 16.2. The molecule has 158 valence electrons. The number of amides is 1. The van der Waals surface area contributed by atoms with Gasteiger partial charge in [0.25, 0.3) is 5.56 Å². The predicted molar refractivity (Wildman–Crippen MR) is 113 cm³/mol. The number of H-pyrrole nitrogens is 1. The minimum absolute atomic E-state index is 0.0346. The Morgan fingerprint density at radius 3 is 2.73 bits per heavy atom. The maximum absolute atomic E-state index is 13.3. The minimum Gasteiger partial charge on any atom is -0.347 e. The van der Waals surface area contributed by atoms with Gasteiger partial charge in [0.15, 0.2) is 5.65 Å². The van der Waals surface area contributed by atoms with Crippen molar-refractivity contribution in [2.24, 2.45) is 0 Å². The van der Waals surface area contributed by atoms with Gasteiger partial charge in [-0.2, -0.15) is 4.98 Å². The van der Waals surface area contributed by atoms with Gasteiger partial charge in [-0.05, 0) is 25.0 Å². The van der Waals surface area contributed by atoms with Crippen molar-refractivity contribution < 1.29 is 4.79 Å². The Kier molecular flexibility index (Phi) is 5.39. The number of pyridine rings is 1. The molecule has 0 unspecified atom stereocenters. The number of hydrogen-bond acceptors (Lipinski definition) is 6. The van der Waals surface area contributed by atoms with Gasteiger partial charge in [0.2, 0.25) is 11.9 Å². The van der Waals surface area contributed by atoms with E-state index < -0.39 is 0 Å². The van der Waals surface area contributed by atoms with Crippen LogP contribution in [-0.2, 0) is 11.3 Å². The maximum atomic E-state index is 13.3. The van der Waals surface area contributed by atoms with Crippen LogP contribution in [0.5, 0.6) is 0 Å². The molecule has 3 aromatic rings. The first-order valence-electron chi connectivity index (χ1n) is 10.1. The summed E-state index contributed by atoms with van der Waals surface area (Å²) in [6, 6.07) is 3.36. The summed E-state index contributed by atoms with van der Waals surface area (Å²) in [6.45, 7) is -0.0729. The Bertz CT molecular complexity index is 1190. The molecule has 0 aliphatic heterocycles. The zero-order valence-electron chi connectivity index (χ0n) is 17.1. The zero-order chi connectivity index (χ0) is 21.3. The van der Waals surface area contributed by atoms with Crippen molar-refractivity contribution in [3.05, 3.63) is 45.4 Å². The lowest BCUT2D eigenvalue weighted by Crippen LogP contribution is -2.34. The Balaban J connectivity index is 1.82. The molecule has 4 rings (SSSR count). The fourth-order valence-corrected chi connectivity index (χ4v) is 3.86. The van der Waals surface area contributed by atoms with Gasteiger partial charge in [0.1, 0.15) is 17.7 Å². The fourth-order valence-electron chi connectivity index (χ4n) is 3.86. The Morgan fingerprint density at radius 2 is 2.03 bits per heavy atom. The first-order valence-corrected chi connectivity index (χ1v) is 10.1. The molecule has 1 aliphatic rings. The first kappa shape index (κ1) is 19.9. The number of carbonyl (C=O) groups excluding carboxylic acids is 1. The molecular weight excluding hydrogens is 386 g/mol. The lowest BCUT2D eigenvalue weighted by molar-refractivity contribution is -0.129. The number of imidazole rings is 1. The standard InChI is InChI=1S/C20H25N7O3/c1-25(2)16(28)12-26-15-11-22-19(23-14-9-6-10-21-18(14)29)24-17(15)27(20(26)30)13-7-4-3-5-8-13/h6,9-11,13H,3-5,7-8,12H2,1-2H3,(H,21,29)(H,22,23,24). The Labute approximate surface area is 172 Å². The number of hydrogen-bond donors (Lipinski definition) is 2. The lowest BCUT2D eigenvalue weighted by Gasteiger charge is -2.22. The van der Waals surface area contributed by atoms with E-state index in [0.29, 0.717) is 16.9 Å². The number of anilines is 2. The molecule has 3 heterocycles. The molecule has 2 N–H and O–H groups in total. The van der Waals surface area contributed by atoms with Gasteiger partial charge in [-0.15, -0.1) is 0 Å². The van der Waals surface area contributed by atoms with Gasteiger partial charge >= 0.3 is 5.69 Å². The van der Waals surface area contributed by atoms with Crippen LogP contribution in [0.15, 0.2) is 34.1 Å². The summed E-state index contributed by atoms with van der Waals surface area (Å²) >= 11 is 0. The quantitative estimate of drug-likeness (QED) is 0.659. The average molecular weight is 411 g/mol. The molecule has 10 heteroatoms. The van der Waals surface area contributed by atoms with Crippen molar-refractivity contribution in [3.8, 4) is 0 Å². The van der Waals surface area contributed by atoms with E-state index in [1.807, 2.05) is 0 Å². The van der Waals surface area contributed by atoms with Gasteiger partial charge in [-0.1, -0.05) is 19.3 Å². The summed E-state index contributed by atoms with van der Waals surface area (Å²) < 4.78 is 3.13. The van der Waals surface area contributed by atoms with E-state index in [-0.39, 0.29) is 35.7 Å². The number of aromatic amines is 1. The monoisotopic (exact) mass is 411 g/mol. The number of fused-ring (bicyclic) bond motifs is 1. The van der Waals surface area contributed by atoms with Crippen molar-refractivity contribution in [1.82, 2.24) is 29.0 Å². The molecule has 1 amide bonds. The highest BCUT2D eigenvalue weighted by Gasteiger charge is 2.25. The third-order valence-corrected chi connectivity index (χ3v) is 5.50. The maximum Gasteiger partial charge on any atom is 0.331 e. The van der Waals surface area contributed by atoms with Crippen LogP contribution in [0.3, 0.4) is 0 Å². The van der Waals surface area contributed by atoms with Gasteiger partial charge in [0, 0.05) is 26.3 Å². The van der Waals surface area contributed by atoms with Crippen molar-refractivity contribution in [3.63, 3.8) is 0 Å². The molecule has 0 saturated heterocycles. The molecule has 10 nitrogen and oxygen atoms in total. The van der Waals surface area contributed by atoms with Crippen molar-refractivity contribution in [2.45, 2.75) is 44.7 Å². The van der Waals surface area contributed by atoms with Crippen LogP contribution in [0.1, 0.15) is 38.1 Å². The second kappa shape index (κ2) is 8.13. The minimum atomic E-state index is -0.292. The van der Waals surface area contributed by atoms with Crippen LogP contribution in [0.2, 0.25) is 0 Å². The van der Waals surface area contributed by atoms with E-state index >= 15 is 0 Å². The highest BCUT2D eigenvalue weighted by Crippen LogP contribution is 2.29. The molecule has 0 aromatic carbocycles. The number of likely N-dealkylation sites (N-methyl/N-ethyl adjacent to an activating group) is 1. The molecule has 0 atom stereocenters. The van der Waals surface area contributed by atoms with Crippen molar-refractivity contribution >= 4 is 28.7 Å². The molecule has 0 bridgehead atoms. The molecular formula is C20H25N7O3. The van der Waals surface area contributed by atoms with Crippen LogP contribution in [0.4, 0.5) is 11.6 Å². The normalized spacial score (nSPS) is 14.7. The summed E-state index contributed by atoms with van der Waals surface area (Å²) in [5, 5.41) is 2.92. The second-order valence-electron chi connectivity index (χ2n) is 7.76.